The Morgan fingerprint density at radius 3 is 2.27 bits per heavy atom. The standard InChI is InChI=1S/C21H28F3N5O3S/c1-26(2)19(30)18-12-20(14-29(18)33(31,32)27(3)4)7-9-28(10-8-20)16-6-5-15(13-25)17(11-16)21(22,23)24/h5-6,11,18H,7-10,12,14H2,1-4H3. The maximum atomic E-state index is 13.4. The minimum Gasteiger partial charge on any atom is -0.371 e. The highest BCUT2D eigenvalue weighted by atomic mass is 32.2. The van der Waals surface area contributed by atoms with Crippen LogP contribution < -0.4 is 4.90 Å². The van der Waals surface area contributed by atoms with Crippen LogP contribution in [-0.4, -0.2) is 81.7 Å². The zero-order valence-corrected chi connectivity index (χ0v) is 19.9. The van der Waals surface area contributed by atoms with Crippen molar-refractivity contribution in [3.05, 3.63) is 29.3 Å². The van der Waals surface area contributed by atoms with Crippen molar-refractivity contribution < 1.29 is 26.4 Å². The third-order valence-electron chi connectivity index (χ3n) is 6.57. The molecule has 1 spiro atoms. The fourth-order valence-electron chi connectivity index (χ4n) is 4.64. The van der Waals surface area contributed by atoms with E-state index in [4.69, 9.17) is 5.26 Å². The van der Waals surface area contributed by atoms with Crippen molar-refractivity contribution in [3.63, 3.8) is 0 Å². The summed E-state index contributed by atoms with van der Waals surface area (Å²) >= 11 is 0. The maximum Gasteiger partial charge on any atom is 0.417 e. The number of amides is 1. The monoisotopic (exact) mass is 487 g/mol. The zero-order chi connectivity index (χ0) is 24.8. The summed E-state index contributed by atoms with van der Waals surface area (Å²) in [6, 6.07) is 4.44. The Hall–Kier alpha value is -2.36. The highest BCUT2D eigenvalue weighted by Crippen LogP contribution is 2.46. The predicted octanol–water partition coefficient (Wildman–Crippen LogP) is 2.13. The van der Waals surface area contributed by atoms with Gasteiger partial charge in [-0.05, 0) is 42.9 Å². The molecule has 1 aromatic carbocycles. The number of benzene rings is 1. The van der Waals surface area contributed by atoms with Crippen LogP contribution in [-0.2, 0) is 21.2 Å². The first-order valence-corrected chi connectivity index (χ1v) is 11.9. The second-order valence-electron chi connectivity index (χ2n) is 9.11. The van der Waals surface area contributed by atoms with Crippen molar-refractivity contribution in [2.24, 2.45) is 5.41 Å². The summed E-state index contributed by atoms with van der Waals surface area (Å²) in [5.41, 5.74) is -1.46. The van der Waals surface area contributed by atoms with Gasteiger partial charge in [-0.25, -0.2) is 0 Å². The topological polar surface area (TPSA) is 88.0 Å². The molecule has 2 aliphatic rings. The van der Waals surface area contributed by atoms with E-state index in [1.807, 2.05) is 4.90 Å². The third-order valence-corrected chi connectivity index (χ3v) is 8.47. The van der Waals surface area contributed by atoms with Crippen LogP contribution >= 0.6 is 0 Å². The molecular weight excluding hydrogens is 459 g/mol. The molecule has 8 nitrogen and oxygen atoms in total. The number of carbonyl (C=O) groups excluding carboxylic acids is 1. The summed E-state index contributed by atoms with van der Waals surface area (Å²) in [6.07, 6.45) is -3.20. The number of likely N-dealkylation sites (N-methyl/N-ethyl adjacent to an activating group) is 1. The summed E-state index contributed by atoms with van der Waals surface area (Å²) in [5.74, 6) is -0.290. The molecular formula is C21H28F3N5O3S. The Morgan fingerprint density at radius 1 is 1.18 bits per heavy atom. The lowest BCUT2D eigenvalue weighted by atomic mass is 9.76. The first-order chi connectivity index (χ1) is 15.2. The number of alkyl halides is 3. The highest BCUT2D eigenvalue weighted by Gasteiger charge is 2.53. The molecule has 0 aromatic heterocycles. The number of nitriles is 1. The number of piperidine rings is 1. The van der Waals surface area contributed by atoms with Gasteiger partial charge >= 0.3 is 6.18 Å². The Labute approximate surface area is 192 Å². The van der Waals surface area contributed by atoms with Crippen molar-refractivity contribution in [1.82, 2.24) is 13.5 Å². The maximum absolute atomic E-state index is 13.4. The molecule has 2 fully saturated rings. The second-order valence-corrected chi connectivity index (χ2v) is 11.2. The lowest BCUT2D eigenvalue weighted by Gasteiger charge is -2.40. The second kappa shape index (κ2) is 8.77. The molecule has 1 aromatic rings. The van der Waals surface area contributed by atoms with Gasteiger partial charge in [-0.2, -0.15) is 35.5 Å². The number of anilines is 1. The summed E-state index contributed by atoms with van der Waals surface area (Å²) in [6.45, 7) is 1.02. The van der Waals surface area contributed by atoms with Crippen LogP contribution in [0.2, 0.25) is 0 Å². The molecule has 2 saturated heterocycles. The van der Waals surface area contributed by atoms with Gasteiger partial charge in [0.1, 0.15) is 6.04 Å². The number of rotatable bonds is 4. The van der Waals surface area contributed by atoms with E-state index in [-0.39, 0.29) is 12.5 Å². The molecule has 1 atom stereocenters. The number of hydrogen-bond donors (Lipinski definition) is 0. The molecule has 1 unspecified atom stereocenters. The van der Waals surface area contributed by atoms with Crippen molar-refractivity contribution in [2.75, 3.05) is 52.7 Å². The van der Waals surface area contributed by atoms with Gasteiger partial charge in [0.25, 0.3) is 10.2 Å². The van der Waals surface area contributed by atoms with Gasteiger partial charge in [0.05, 0.1) is 17.2 Å². The molecule has 0 aliphatic carbocycles. The first kappa shape index (κ1) is 25.3. The largest absolute Gasteiger partial charge is 0.417 e. The molecule has 182 valence electrons. The Kier molecular flexibility index (Phi) is 6.72. The smallest absolute Gasteiger partial charge is 0.371 e. The first-order valence-electron chi connectivity index (χ1n) is 10.5. The van der Waals surface area contributed by atoms with Crippen LogP contribution in [0.5, 0.6) is 0 Å². The summed E-state index contributed by atoms with van der Waals surface area (Å²) in [5, 5.41) is 9.01. The van der Waals surface area contributed by atoms with E-state index in [9.17, 15) is 26.4 Å². The van der Waals surface area contributed by atoms with Crippen LogP contribution in [0.3, 0.4) is 0 Å². The molecule has 3 rings (SSSR count). The third kappa shape index (κ3) is 4.81. The minimum absolute atomic E-state index is 0.187. The summed E-state index contributed by atoms with van der Waals surface area (Å²) in [7, 11) is 2.18. The number of nitrogens with zero attached hydrogens (tertiary/aromatic N) is 5. The van der Waals surface area contributed by atoms with Crippen LogP contribution in [0.25, 0.3) is 0 Å². The van der Waals surface area contributed by atoms with Crippen molar-refractivity contribution >= 4 is 21.8 Å². The number of carbonyl (C=O) groups is 1. The zero-order valence-electron chi connectivity index (χ0n) is 19.1. The average Bonchev–Trinajstić information content (AvgIpc) is 3.12. The quantitative estimate of drug-likeness (QED) is 0.650. The lowest BCUT2D eigenvalue weighted by Crippen LogP contribution is -2.49. The van der Waals surface area contributed by atoms with E-state index in [2.05, 4.69) is 0 Å². The molecule has 0 saturated carbocycles. The van der Waals surface area contributed by atoms with Crippen LogP contribution in [0, 0.1) is 16.7 Å². The van der Waals surface area contributed by atoms with E-state index in [1.165, 1.54) is 35.4 Å². The summed E-state index contributed by atoms with van der Waals surface area (Å²) < 4.78 is 68.2. The molecule has 2 aliphatic heterocycles. The minimum atomic E-state index is -4.63. The number of hydrogen-bond acceptors (Lipinski definition) is 5. The van der Waals surface area contributed by atoms with E-state index < -0.39 is 39.0 Å². The van der Waals surface area contributed by atoms with Gasteiger partial charge in [-0.15, -0.1) is 0 Å². The van der Waals surface area contributed by atoms with E-state index >= 15 is 0 Å². The Morgan fingerprint density at radius 2 is 1.79 bits per heavy atom. The van der Waals surface area contributed by atoms with Crippen molar-refractivity contribution in [3.8, 4) is 6.07 Å². The van der Waals surface area contributed by atoms with Gasteiger partial charge < -0.3 is 9.80 Å². The molecule has 0 bridgehead atoms. The molecule has 33 heavy (non-hydrogen) atoms. The Balaban J connectivity index is 1.83. The lowest BCUT2D eigenvalue weighted by molar-refractivity contribution is -0.137. The van der Waals surface area contributed by atoms with E-state index in [0.717, 1.165) is 10.4 Å². The average molecular weight is 488 g/mol. The van der Waals surface area contributed by atoms with Gasteiger partial charge in [0, 0.05) is 53.5 Å². The fraction of sp³-hybridized carbons (Fsp3) is 0.619. The summed E-state index contributed by atoms with van der Waals surface area (Å²) in [4.78, 5) is 16.0. The van der Waals surface area contributed by atoms with Gasteiger partial charge in [0.2, 0.25) is 5.91 Å². The fourth-order valence-corrected chi connectivity index (χ4v) is 5.98. The van der Waals surface area contributed by atoms with Gasteiger partial charge in [-0.3, -0.25) is 4.79 Å². The van der Waals surface area contributed by atoms with Crippen molar-refractivity contribution in [1.29, 1.82) is 5.26 Å². The SMILES string of the molecule is CN(C)C(=O)C1CC2(CCN(c3ccc(C#N)c(C(F)(F)F)c3)CC2)CN1S(=O)(=O)N(C)C. The van der Waals surface area contributed by atoms with Crippen LogP contribution in [0.1, 0.15) is 30.4 Å². The highest BCUT2D eigenvalue weighted by molar-refractivity contribution is 7.86. The predicted molar refractivity (Wildman–Crippen MR) is 116 cm³/mol. The molecule has 0 radical (unpaired) electrons. The van der Waals surface area contributed by atoms with Crippen molar-refractivity contribution in [2.45, 2.75) is 31.5 Å². The van der Waals surface area contributed by atoms with Crippen LogP contribution in [0.4, 0.5) is 18.9 Å². The van der Waals surface area contributed by atoms with E-state index in [0.29, 0.717) is 38.0 Å². The molecule has 2 heterocycles. The molecule has 0 N–H and O–H groups in total. The van der Waals surface area contributed by atoms with Gasteiger partial charge in [0.15, 0.2) is 0 Å². The van der Waals surface area contributed by atoms with Gasteiger partial charge in [-0.1, -0.05) is 0 Å². The van der Waals surface area contributed by atoms with Crippen LogP contribution in [0.15, 0.2) is 18.2 Å². The molecule has 12 heteroatoms. The van der Waals surface area contributed by atoms with E-state index in [1.54, 1.807) is 20.2 Å². The molecule has 1 amide bonds. The Bertz CT molecular complexity index is 1060. The normalized spacial score (nSPS) is 21.4. The number of halogens is 3.